The first-order chi connectivity index (χ1) is 47.7. The van der Waals surface area contributed by atoms with Gasteiger partial charge in [-0.2, -0.15) is 0 Å². The number of carbonyl (C=O) groups excluding carboxylic acids is 4. The highest BCUT2D eigenvalue weighted by atomic mass is 31.2. The first kappa shape index (κ1) is 96.1. The van der Waals surface area contributed by atoms with Crippen molar-refractivity contribution in [3.63, 3.8) is 0 Å². The molecule has 0 bridgehead atoms. The largest absolute Gasteiger partial charge is 0.472 e. The van der Waals surface area contributed by atoms with Crippen LogP contribution in [0, 0.1) is 0 Å². The third-order valence-corrected chi connectivity index (χ3v) is 20.5. The SMILES string of the molecule is CCCCCCCCCCCCCCCCCCCCCCCC(=O)O[C@H](COC(=O)CCCCCCCCCCCCCCCCCC)COP(=O)(O)OC[C@@H](O)COP(=O)(O)OC[C@@H](COC(=O)CCCCCCCCCCCC)OC(=O)CCCCCCCCCCCCC. The van der Waals surface area contributed by atoms with Gasteiger partial charge < -0.3 is 33.8 Å². The fourth-order valence-corrected chi connectivity index (χ4v) is 13.9. The van der Waals surface area contributed by atoms with Crippen LogP contribution in [0.5, 0.6) is 0 Å². The zero-order valence-electron chi connectivity index (χ0n) is 63.8. The van der Waals surface area contributed by atoms with Gasteiger partial charge in [0.25, 0.3) is 0 Å². The summed E-state index contributed by atoms with van der Waals surface area (Å²) in [5.74, 6) is -2.11. The predicted molar refractivity (Wildman–Crippen MR) is 400 cm³/mol. The Bertz CT molecular complexity index is 1860. The first-order valence-corrected chi connectivity index (χ1v) is 44.3. The van der Waals surface area contributed by atoms with Crippen LogP contribution >= 0.6 is 15.6 Å². The van der Waals surface area contributed by atoms with Crippen LogP contribution in [0.15, 0.2) is 0 Å². The molecule has 0 rings (SSSR count). The first-order valence-electron chi connectivity index (χ1n) is 41.3. The Morgan fingerprint density at radius 2 is 0.408 bits per heavy atom. The molecule has 0 aliphatic rings. The van der Waals surface area contributed by atoms with Crippen molar-refractivity contribution in [2.24, 2.45) is 0 Å². The number of phosphoric ester groups is 2. The monoisotopic (exact) mass is 1440 g/mol. The minimum atomic E-state index is -4.96. The third kappa shape index (κ3) is 72.4. The second-order valence-corrected chi connectivity index (χ2v) is 31.4. The Kier molecular flexibility index (Phi) is 71.9. The zero-order valence-corrected chi connectivity index (χ0v) is 65.6. The summed E-state index contributed by atoms with van der Waals surface area (Å²) in [6.45, 7) is 5.00. The van der Waals surface area contributed by atoms with Crippen LogP contribution in [0.4, 0.5) is 0 Å². The number of phosphoric acid groups is 2. The Labute approximate surface area is 600 Å². The van der Waals surface area contributed by atoms with Gasteiger partial charge in [-0.3, -0.25) is 37.3 Å². The summed E-state index contributed by atoms with van der Waals surface area (Å²) < 4.78 is 68.6. The molecule has 582 valence electrons. The number of hydrogen-bond donors (Lipinski definition) is 3. The summed E-state index contributed by atoms with van der Waals surface area (Å²) in [6, 6.07) is 0. The lowest BCUT2D eigenvalue weighted by Crippen LogP contribution is -2.30. The summed E-state index contributed by atoms with van der Waals surface area (Å²) in [5, 5.41) is 10.6. The van der Waals surface area contributed by atoms with Gasteiger partial charge in [0.2, 0.25) is 0 Å². The van der Waals surface area contributed by atoms with Gasteiger partial charge >= 0.3 is 39.5 Å². The maximum Gasteiger partial charge on any atom is 0.472 e. The molecule has 0 aromatic rings. The fraction of sp³-hybridized carbons (Fsp3) is 0.949. The maximum atomic E-state index is 13.1. The van der Waals surface area contributed by atoms with Gasteiger partial charge in [0.05, 0.1) is 26.4 Å². The van der Waals surface area contributed by atoms with Crippen LogP contribution in [0.2, 0.25) is 0 Å². The second-order valence-electron chi connectivity index (χ2n) is 28.5. The van der Waals surface area contributed by atoms with Crippen molar-refractivity contribution in [1.82, 2.24) is 0 Å². The number of carbonyl (C=O) groups is 4. The van der Waals surface area contributed by atoms with Crippen LogP contribution in [-0.2, 0) is 65.4 Å². The minimum absolute atomic E-state index is 0.108. The van der Waals surface area contributed by atoms with Gasteiger partial charge in [0, 0.05) is 25.7 Å². The van der Waals surface area contributed by atoms with Gasteiger partial charge in [-0.25, -0.2) is 9.13 Å². The molecule has 0 aliphatic carbocycles. The van der Waals surface area contributed by atoms with Crippen LogP contribution < -0.4 is 0 Å². The molecule has 0 heterocycles. The average Bonchev–Trinajstić information content (AvgIpc) is 1.16. The number of esters is 4. The van der Waals surface area contributed by atoms with Crippen molar-refractivity contribution in [3.8, 4) is 0 Å². The van der Waals surface area contributed by atoms with E-state index in [1.165, 1.54) is 257 Å². The van der Waals surface area contributed by atoms with Crippen LogP contribution in [-0.4, -0.2) is 96.7 Å². The maximum absolute atomic E-state index is 13.1. The molecular weight excluding hydrogens is 1280 g/mol. The summed E-state index contributed by atoms with van der Waals surface area (Å²) in [7, 11) is -9.91. The molecule has 0 aliphatic heterocycles. The van der Waals surface area contributed by atoms with E-state index in [9.17, 15) is 43.2 Å². The quantitative estimate of drug-likeness (QED) is 0.0222. The Morgan fingerprint density at radius 1 is 0.245 bits per heavy atom. The van der Waals surface area contributed by atoms with Crippen molar-refractivity contribution in [1.29, 1.82) is 0 Å². The number of hydrogen-bond acceptors (Lipinski definition) is 15. The normalized spacial score (nSPS) is 13.8. The lowest BCUT2D eigenvalue weighted by atomic mass is 10.0. The molecule has 17 nitrogen and oxygen atoms in total. The standard InChI is InChI=1S/C79H154O17P2/c1-5-9-13-17-21-25-29-31-33-35-36-37-38-39-41-43-46-50-54-58-62-66-79(84)96-75(70-90-77(82)64-60-56-52-48-45-42-40-34-32-30-26-22-18-14-10-6-2)72-94-98(87,88)92-68-73(80)67-91-97(85,86)93-71-74(69-89-76(81)63-59-55-51-47-28-24-20-16-12-8-4)95-78(83)65-61-57-53-49-44-27-23-19-15-11-7-3/h73-75,80H,5-72H2,1-4H3,(H,85,86)(H,87,88)/t73-,74+,75+/m0/s1. The molecule has 98 heavy (non-hydrogen) atoms. The van der Waals surface area contributed by atoms with E-state index in [-0.39, 0.29) is 25.7 Å². The summed E-state index contributed by atoms with van der Waals surface area (Å²) in [5.41, 5.74) is 0. The molecule has 0 amide bonds. The van der Waals surface area contributed by atoms with E-state index in [0.717, 1.165) is 89.9 Å². The van der Waals surface area contributed by atoms with E-state index in [2.05, 4.69) is 27.7 Å². The molecule has 3 N–H and O–H groups in total. The van der Waals surface area contributed by atoms with E-state index < -0.39 is 97.5 Å². The number of aliphatic hydroxyl groups is 1. The molecule has 0 spiro atoms. The predicted octanol–water partition coefficient (Wildman–Crippen LogP) is 23.8. The molecule has 0 aromatic carbocycles. The van der Waals surface area contributed by atoms with Gasteiger partial charge in [-0.1, -0.05) is 374 Å². The van der Waals surface area contributed by atoms with Crippen LogP contribution in [0.25, 0.3) is 0 Å². The van der Waals surface area contributed by atoms with Crippen molar-refractivity contribution >= 4 is 39.5 Å². The van der Waals surface area contributed by atoms with E-state index >= 15 is 0 Å². The molecule has 2 unspecified atom stereocenters. The molecule has 0 saturated carbocycles. The Morgan fingerprint density at radius 3 is 0.602 bits per heavy atom. The van der Waals surface area contributed by atoms with Crippen LogP contribution in [0.1, 0.15) is 426 Å². The summed E-state index contributed by atoms with van der Waals surface area (Å²) in [6.07, 6.45) is 65.2. The summed E-state index contributed by atoms with van der Waals surface area (Å²) >= 11 is 0. The minimum Gasteiger partial charge on any atom is -0.462 e. The number of ether oxygens (including phenoxy) is 4. The molecule has 0 saturated heterocycles. The van der Waals surface area contributed by atoms with E-state index in [1.54, 1.807) is 0 Å². The van der Waals surface area contributed by atoms with E-state index in [0.29, 0.717) is 25.7 Å². The summed E-state index contributed by atoms with van der Waals surface area (Å²) in [4.78, 5) is 72.9. The molecule has 0 aromatic heterocycles. The lowest BCUT2D eigenvalue weighted by molar-refractivity contribution is -0.161. The topological polar surface area (TPSA) is 237 Å². The highest BCUT2D eigenvalue weighted by Crippen LogP contribution is 2.45. The lowest BCUT2D eigenvalue weighted by Gasteiger charge is -2.21. The molecule has 0 radical (unpaired) electrons. The van der Waals surface area contributed by atoms with Gasteiger partial charge in [0.15, 0.2) is 12.2 Å². The molecule has 0 fully saturated rings. The molecule has 5 atom stereocenters. The van der Waals surface area contributed by atoms with Gasteiger partial charge in [0.1, 0.15) is 19.3 Å². The number of aliphatic hydroxyl groups excluding tert-OH is 1. The van der Waals surface area contributed by atoms with E-state index in [4.69, 9.17) is 37.0 Å². The van der Waals surface area contributed by atoms with Gasteiger partial charge in [-0.05, 0) is 25.7 Å². The number of unbranched alkanes of at least 4 members (excludes halogenated alkanes) is 54. The second kappa shape index (κ2) is 73.4. The van der Waals surface area contributed by atoms with Crippen LogP contribution in [0.3, 0.4) is 0 Å². The van der Waals surface area contributed by atoms with E-state index in [1.807, 2.05) is 0 Å². The molecule has 19 heteroatoms. The van der Waals surface area contributed by atoms with Gasteiger partial charge in [-0.15, -0.1) is 0 Å². The van der Waals surface area contributed by atoms with Crippen molar-refractivity contribution < 1.29 is 80.2 Å². The highest BCUT2D eigenvalue weighted by molar-refractivity contribution is 7.47. The average molecular weight is 1440 g/mol. The smallest absolute Gasteiger partial charge is 0.462 e. The Balaban J connectivity index is 5.19. The number of rotatable bonds is 80. The van der Waals surface area contributed by atoms with Crippen molar-refractivity contribution in [2.75, 3.05) is 39.6 Å². The molecular formula is C79H154O17P2. The fourth-order valence-electron chi connectivity index (χ4n) is 12.3. The Hall–Kier alpha value is -1.94. The zero-order chi connectivity index (χ0) is 71.8. The van der Waals surface area contributed by atoms with Crippen molar-refractivity contribution in [3.05, 3.63) is 0 Å². The highest BCUT2D eigenvalue weighted by Gasteiger charge is 2.30. The van der Waals surface area contributed by atoms with Crippen molar-refractivity contribution in [2.45, 2.75) is 444 Å². The third-order valence-electron chi connectivity index (χ3n) is 18.6.